The minimum Gasteiger partial charge on any atom is -0.382 e. The number of alkyl halides is 1. The Hall–Kier alpha value is 0.210. The molecule has 0 heterocycles. The number of halogens is 1. The summed E-state index contributed by atoms with van der Waals surface area (Å²) < 4.78 is 9.70. The zero-order valence-electron chi connectivity index (χ0n) is 5.19. The van der Waals surface area contributed by atoms with Crippen molar-refractivity contribution in [1.29, 1.82) is 0 Å². The SMILES string of the molecule is COCC(C)OCCl. The van der Waals surface area contributed by atoms with Crippen molar-refractivity contribution in [1.82, 2.24) is 0 Å². The summed E-state index contributed by atoms with van der Waals surface area (Å²) in [5.74, 6) is 0. The van der Waals surface area contributed by atoms with Gasteiger partial charge in [-0.2, -0.15) is 0 Å². The molecule has 1 unspecified atom stereocenters. The Bertz CT molecular complexity index is 43.7. The fourth-order valence-corrected chi connectivity index (χ4v) is 0.605. The van der Waals surface area contributed by atoms with Crippen LogP contribution < -0.4 is 0 Å². The van der Waals surface area contributed by atoms with Gasteiger partial charge >= 0.3 is 0 Å². The molecule has 0 rings (SSSR count). The number of hydrogen-bond donors (Lipinski definition) is 0. The van der Waals surface area contributed by atoms with Gasteiger partial charge in [0.1, 0.15) is 6.07 Å². The van der Waals surface area contributed by atoms with Gasteiger partial charge in [-0.25, -0.2) is 0 Å². The van der Waals surface area contributed by atoms with E-state index in [1.54, 1.807) is 7.11 Å². The van der Waals surface area contributed by atoms with E-state index in [1.807, 2.05) is 6.92 Å². The minimum absolute atomic E-state index is 0.109. The van der Waals surface area contributed by atoms with Gasteiger partial charge in [-0.3, -0.25) is 0 Å². The van der Waals surface area contributed by atoms with E-state index in [-0.39, 0.29) is 12.2 Å². The smallest absolute Gasteiger partial charge is 0.121 e. The van der Waals surface area contributed by atoms with E-state index in [9.17, 15) is 0 Å². The van der Waals surface area contributed by atoms with Gasteiger partial charge in [0.25, 0.3) is 0 Å². The number of rotatable bonds is 4. The first-order chi connectivity index (χ1) is 3.81. The summed E-state index contributed by atoms with van der Waals surface area (Å²) in [5, 5.41) is 0. The topological polar surface area (TPSA) is 18.5 Å². The van der Waals surface area contributed by atoms with E-state index in [2.05, 4.69) is 0 Å². The van der Waals surface area contributed by atoms with E-state index in [4.69, 9.17) is 21.1 Å². The van der Waals surface area contributed by atoms with Gasteiger partial charge in [-0.15, -0.1) is 0 Å². The highest BCUT2D eigenvalue weighted by Gasteiger charge is 1.96. The van der Waals surface area contributed by atoms with E-state index in [1.165, 1.54) is 0 Å². The molecule has 0 radical (unpaired) electrons. The third kappa shape index (κ3) is 4.37. The van der Waals surface area contributed by atoms with Crippen LogP contribution in [0, 0.1) is 0 Å². The standard InChI is InChI=1S/C5H11ClO2/c1-5(3-7-2)8-4-6/h5H,3-4H2,1-2H3. The first-order valence-electron chi connectivity index (χ1n) is 2.47. The molecule has 0 bridgehead atoms. The van der Waals surface area contributed by atoms with Crippen molar-refractivity contribution in [3.63, 3.8) is 0 Å². The maximum absolute atomic E-state index is 5.25. The highest BCUT2D eigenvalue weighted by atomic mass is 35.5. The van der Waals surface area contributed by atoms with Crippen LogP contribution in [0.5, 0.6) is 0 Å². The lowest BCUT2D eigenvalue weighted by Crippen LogP contribution is -2.13. The van der Waals surface area contributed by atoms with E-state index >= 15 is 0 Å². The molecule has 0 spiro atoms. The predicted molar refractivity (Wildman–Crippen MR) is 33.1 cm³/mol. The van der Waals surface area contributed by atoms with Gasteiger partial charge in [0.15, 0.2) is 0 Å². The quantitative estimate of drug-likeness (QED) is 0.545. The van der Waals surface area contributed by atoms with Gasteiger partial charge in [-0.05, 0) is 6.92 Å². The lowest BCUT2D eigenvalue weighted by Gasteiger charge is -2.07. The second-order valence-corrected chi connectivity index (χ2v) is 1.76. The Morgan fingerprint density at radius 3 is 2.62 bits per heavy atom. The van der Waals surface area contributed by atoms with Crippen LogP contribution in [0.3, 0.4) is 0 Å². The highest BCUT2D eigenvalue weighted by molar-refractivity contribution is 6.17. The van der Waals surface area contributed by atoms with Gasteiger partial charge in [0.2, 0.25) is 0 Å². The fourth-order valence-electron chi connectivity index (χ4n) is 0.390. The first kappa shape index (κ1) is 8.21. The Kier molecular flexibility index (Phi) is 5.49. The molecule has 50 valence electrons. The van der Waals surface area contributed by atoms with E-state index < -0.39 is 0 Å². The molecule has 0 aromatic carbocycles. The van der Waals surface area contributed by atoms with Crippen molar-refractivity contribution in [2.45, 2.75) is 13.0 Å². The summed E-state index contributed by atoms with van der Waals surface area (Å²) in [5.41, 5.74) is 0. The van der Waals surface area contributed by atoms with Crippen LogP contribution in [0.15, 0.2) is 0 Å². The summed E-state index contributed by atoms with van der Waals surface area (Å²) in [6.45, 7) is 2.51. The van der Waals surface area contributed by atoms with Crippen molar-refractivity contribution < 1.29 is 9.47 Å². The molecule has 0 amide bonds. The number of methoxy groups -OCH3 is 1. The molecule has 0 aliphatic carbocycles. The average molecular weight is 139 g/mol. The molecule has 0 N–H and O–H groups in total. The molecule has 8 heavy (non-hydrogen) atoms. The molecule has 0 aromatic heterocycles. The molecule has 2 nitrogen and oxygen atoms in total. The molecule has 0 fully saturated rings. The van der Waals surface area contributed by atoms with Gasteiger partial charge in [0.05, 0.1) is 12.7 Å². The van der Waals surface area contributed by atoms with Crippen molar-refractivity contribution in [3.8, 4) is 0 Å². The molecule has 0 aliphatic heterocycles. The second kappa shape index (κ2) is 5.35. The van der Waals surface area contributed by atoms with Crippen LogP contribution in [0.25, 0.3) is 0 Å². The number of ether oxygens (including phenoxy) is 2. The average Bonchev–Trinajstić information content (AvgIpc) is 1.68. The lowest BCUT2D eigenvalue weighted by molar-refractivity contribution is 0.0308. The second-order valence-electron chi connectivity index (χ2n) is 1.54. The summed E-state index contributed by atoms with van der Waals surface area (Å²) in [6, 6.07) is 0.241. The van der Waals surface area contributed by atoms with E-state index in [0.29, 0.717) is 6.61 Å². The Balaban J connectivity index is 2.92. The maximum atomic E-state index is 5.25. The number of hydrogen-bond acceptors (Lipinski definition) is 2. The van der Waals surface area contributed by atoms with Gasteiger partial charge in [-0.1, -0.05) is 11.6 Å². The highest BCUT2D eigenvalue weighted by Crippen LogP contribution is 1.91. The first-order valence-corrected chi connectivity index (χ1v) is 3.01. The van der Waals surface area contributed by atoms with Gasteiger partial charge in [0, 0.05) is 7.11 Å². The summed E-state index contributed by atoms with van der Waals surface area (Å²) in [6.07, 6.45) is 0.109. The lowest BCUT2D eigenvalue weighted by atomic mass is 10.4. The van der Waals surface area contributed by atoms with Crippen LogP contribution >= 0.6 is 11.6 Å². The third-order valence-corrected chi connectivity index (χ3v) is 0.875. The molecular weight excluding hydrogens is 128 g/mol. The molecular formula is C5H11ClO2. The third-order valence-electron chi connectivity index (χ3n) is 0.749. The monoisotopic (exact) mass is 138 g/mol. The Morgan fingerprint density at radius 1 is 1.62 bits per heavy atom. The van der Waals surface area contributed by atoms with Crippen LogP contribution in [0.2, 0.25) is 0 Å². The Morgan fingerprint density at radius 2 is 2.25 bits per heavy atom. The molecule has 0 saturated carbocycles. The van der Waals surface area contributed by atoms with Crippen LogP contribution in [-0.2, 0) is 9.47 Å². The molecule has 1 atom stereocenters. The van der Waals surface area contributed by atoms with E-state index in [0.717, 1.165) is 0 Å². The molecule has 0 saturated heterocycles. The summed E-state index contributed by atoms with van der Waals surface area (Å²) in [7, 11) is 1.63. The van der Waals surface area contributed by atoms with Crippen LogP contribution in [0.1, 0.15) is 6.92 Å². The van der Waals surface area contributed by atoms with Crippen molar-refractivity contribution >= 4 is 11.6 Å². The van der Waals surface area contributed by atoms with Crippen LogP contribution in [0.4, 0.5) is 0 Å². The predicted octanol–water partition coefficient (Wildman–Crippen LogP) is 1.23. The molecule has 0 aliphatic rings. The molecule has 0 aromatic rings. The van der Waals surface area contributed by atoms with Crippen molar-refractivity contribution in [3.05, 3.63) is 0 Å². The summed E-state index contributed by atoms with van der Waals surface area (Å²) >= 11 is 5.25. The zero-order valence-corrected chi connectivity index (χ0v) is 5.94. The molecule has 3 heteroatoms. The van der Waals surface area contributed by atoms with Crippen molar-refractivity contribution in [2.75, 3.05) is 19.8 Å². The summed E-state index contributed by atoms with van der Waals surface area (Å²) in [4.78, 5) is 0. The van der Waals surface area contributed by atoms with Crippen molar-refractivity contribution in [2.24, 2.45) is 0 Å². The fraction of sp³-hybridized carbons (Fsp3) is 1.00. The van der Waals surface area contributed by atoms with Crippen LogP contribution in [-0.4, -0.2) is 25.9 Å². The maximum Gasteiger partial charge on any atom is 0.121 e. The largest absolute Gasteiger partial charge is 0.382 e. The Labute approximate surface area is 54.7 Å². The normalized spacial score (nSPS) is 13.9. The van der Waals surface area contributed by atoms with Gasteiger partial charge < -0.3 is 9.47 Å². The minimum atomic E-state index is 0.109. The zero-order chi connectivity index (χ0) is 6.41.